The number of aromatic nitrogens is 1. The number of benzene rings is 1. The molecule has 0 aliphatic heterocycles. The maximum atomic E-state index is 5.97. The van der Waals surface area contributed by atoms with Crippen molar-refractivity contribution in [3.8, 4) is 0 Å². The Labute approximate surface area is 90.7 Å². The summed E-state index contributed by atoms with van der Waals surface area (Å²) in [7, 11) is 0. The molecule has 0 amide bonds. The quantitative estimate of drug-likeness (QED) is 0.797. The zero-order valence-corrected chi connectivity index (χ0v) is 9.62. The van der Waals surface area contributed by atoms with E-state index in [0.29, 0.717) is 0 Å². The molecule has 2 N–H and O–H groups in total. The van der Waals surface area contributed by atoms with Gasteiger partial charge < -0.3 is 10.3 Å². The number of nitrogens with zero attached hydrogens (tertiary/aromatic N) is 1. The molecule has 0 radical (unpaired) electrons. The van der Waals surface area contributed by atoms with E-state index in [1.54, 1.807) is 0 Å². The summed E-state index contributed by atoms with van der Waals surface area (Å²) < 4.78 is 2.30. The number of nitrogens with two attached hydrogens (primary N) is 1. The fraction of sp³-hybridized carbons (Fsp3) is 0.385. The Balaban J connectivity index is 2.74. The highest BCUT2D eigenvalue weighted by Gasteiger charge is 2.10. The van der Waals surface area contributed by atoms with E-state index in [0.717, 1.165) is 6.54 Å². The molecule has 0 aliphatic carbocycles. The van der Waals surface area contributed by atoms with Crippen LogP contribution in [0.25, 0.3) is 10.9 Å². The first-order chi connectivity index (χ1) is 7.13. The molecule has 80 valence electrons. The van der Waals surface area contributed by atoms with E-state index < -0.39 is 0 Å². The van der Waals surface area contributed by atoms with Crippen LogP contribution in [0.15, 0.2) is 24.3 Å². The normalized spacial score (nSPS) is 13.3. The molecule has 0 fully saturated rings. The van der Waals surface area contributed by atoms with E-state index >= 15 is 0 Å². The van der Waals surface area contributed by atoms with E-state index in [4.69, 9.17) is 5.73 Å². The molecule has 1 aromatic heterocycles. The van der Waals surface area contributed by atoms with Crippen molar-refractivity contribution in [3.63, 3.8) is 0 Å². The molecule has 1 aromatic carbocycles. The third-order valence-corrected chi connectivity index (χ3v) is 2.87. The molecule has 0 bridgehead atoms. The molecule has 1 atom stereocenters. The molecule has 1 heterocycles. The zero-order valence-electron chi connectivity index (χ0n) is 9.62. The van der Waals surface area contributed by atoms with Crippen molar-refractivity contribution < 1.29 is 0 Å². The minimum atomic E-state index is 0.0951. The van der Waals surface area contributed by atoms with Gasteiger partial charge in [0.05, 0.1) is 0 Å². The summed E-state index contributed by atoms with van der Waals surface area (Å²) in [5, 5.41) is 1.29. The summed E-state index contributed by atoms with van der Waals surface area (Å²) >= 11 is 0. The van der Waals surface area contributed by atoms with Gasteiger partial charge in [0.15, 0.2) is 0 Å². The summed E-state index contributed by atoms with van der Waals surface area (Å²) in [6.45, 7) is 7.29. The number of hydrogen-bond acceptors (Lipinski definition) is 1. The van der Waals surface area contributed by atoms with Crippen molar-refractivity contribution in [1.29, 1.82) is 0 Å². The van der Waals surface area contributed by atoms with Crippen molar-refractivity contribution in [2.45, 2.75) is 33.4 Å². The summed E-state index contributed by atoms with van der Waals surface area (Å²) in [4.78, 5) is 0. The number of aryl methyl sites for hydroxylation is 2. The average molecular weight is 202 g/mol. The lowest BCUT2D eigenvalue weighted by Gasteiger charge is -2.10. The fourth-order valence-corrected chi connectivity index (χ4v) is 2.12. The van der Waals surface area contributed by atoms with Crippen LogP contribution in [0.2, 0.25) is 0 Å². The molecule has 0 saturated carbocycles. The molecule has 1 unspecified atom stereocenters. The van der Waals surface area contributed by atoms with Gasteiger partial charge in [-0.1, -0.05) is 12.1 Å². The fourth-order valence-electron chi connectivity index (χ4n) is 2.12. The lowest BCUT2D eigenvalue weighted by atomic mass is 10.2. The van der Waals surface area contributed by atoms with Gasteiger partial charge in [0.1, 0.15) is 0 Å². The van der Waals surface area contributed by atoms with Gasteiger partial charge in [-0.25, -0.2) is 0 Å². The van der Waals surface area contributed by atoms with Crippen molar-refractivity contribution in [3.05, 3.63) is 35.5 Å². The molecule has 0 spiro atoms. The van der Waals surface area contributed by atoms with Gasteiger partial charge in [0.25, 0.3) is 0 Å². The molecule has 0 aliphatic rings. The Hall–Kier alpha value is -1.28. The minimum Gasteiger partial charge on any atom is -0.343 e. The Bertz CT molecular complexity index is 480. The van der Waals surface area contributed by atoms with E-state index in [-0.39, 0.29) is 6.04 Å². The summed E-state index contributed by atoms with van der Waals surface area (Å²) in [5.74, 6) is 0. The van der Waals surface area contributed by atoms with Crippen LogP contribution in [0.1, 0.15) is 31.1 Å². The number of rotatable bonds is 2. The number of hydrogen-bond donors (Lipinski definition) is 1. The molecule has 15 heavy (non-hydrogen) atoms. The van der Waals surface area contributed by atoms with Gasteiger partial charge in [-0.15, -0.1) is 0 Å². The second-order valence-corrected chi connectivity index (χ2v) is 4.16. The minimum absolute atomic E-state index is 0.0951. The SMILES string of the molecule is CCn1c(C(C)N)cc2ccc(C)cc21. The van der Waals surface area contributed by atoms with Crippen LogP contribution in [0.5, 0.6) is 0 Å². The Morgan fingerprint density at radius 3 is 2.67 bits per heavy atom. The highest BCUT2D eigenvalue weighted by molar-refractivity contribution is 5.82. The largest absolute Gasteiger partial charge is 0.343 e. The van der Waals surface area contributed by atoms with Crippen molar-refractivity contribution in [2.24, 2.45) is 5.73 Å². The Morgan fingerprint density at radius 2 is 2.07 bits per heavy atom. The second kappa shape index (κ2) is 3.70. The lowest BCUT2D eigenvalue weighted by molar-refractivity contribution is 0.674. The number of fused-ring (bicyclic) bond motifs is 1. The molecule has 2 nitrogen and oxygen atoms in total. The van der Waals surface area contributed by atoms with Gasteiger partial charge >= 0.3 is 0 Å². The van der Waals surface area contributed by atoms with Crippen molar-refractivity contribution in [1.82, 2.24) is 4.57 Å². The molecular weight excluding hydrogens is 184 g/mol. The van der Waals surface area contributed by atoms with E-state index in [1.807, 2.05) is 6.92 Å². The highest BCUT2D eigenvalue weighted by atomic mass is 15.0. The predicted molar refractivity (Wildman–Crippen MR) is 65.0 cm³/mol. The van der Waals surface area contributed by atoms with E-state index in [9.17, 15) is 0 Å². The van der Waals surface area contributed by atoms with E-state index in [2.05, 4.69) is 42.7 Å². The van der Waals surface area contributed by atoms with Crippen LogP contribution in [0.3, 0.4) is 0 Å². The third-order valence-electron chi connectivity index (χ3n) is 2.87. The summed E-state index contributed by atoms with van der Waals surface area (Å²) in [6, 6.07) is 8.83. The summed E-state index contributed by atoms with van der Waals surface area (Å²) in [6.07, 6.45) is 0. The maximum absolute atomic E-state index is 5.97. The first-order valence-corrected chi connectivity index (χ1v) is 5.49. The van der Waals surface area contributed by atoms with Crippen molar-refractivity contribution in [2.75, 3.05) is 0 Å². The van der Waals surface area contributed by atoms with Gasteiger partial charge in [-0.2, -0.15) is 0 Å². The van der Waals surface area contributed by atoms with Crippen LogP contribution < -0.4 is 5.73 Å². The molecule has 2 rings (SSSR count). The molecule has 2 aromatic rings. The summed E-state index contributed by atoms with van der Waals surface area (Å²) in [5.41, 5.74) is 9.79. The predicted octanol–water partition coefficient (Wildman–Crippen LogP) is 2.99. The highest BCUT2D eigenvalue weighted by Crippen LogP contribution is 2.24. The molecular formula is C13H18N2. The first kappa shape index (κ1) is 10.2. The van der Waals surface area contributed by atoms with E-state index in [1.165, 1.54) is 22.2 Å². The zero-order chi connectivity index (χ0) is 11.0. The van der Waals surface area contributed by atoms with Gasteiger partial charge in [-0.05, 0) is 43.9 Å². The Morgan fingerprint density at radius 1 is 1.33 bits per heavy atom. The topological polar surface area (TPSA) is 30.9 Å². The van der Waals surface area contributed by atoms with Gasteiger partial charge in [0, 0.05) is 23.8 Å². The monoisotopic (exact) mass is 202 g/mol. The average Bonchev–Trinajstić information content (AvgIpc) is 2.55. The van der Waals surface area contributed by atoms with Crippen LogP contribution in [-0.4, -0.2) is 4.57 Å². The standard InChI is InChI=1S/C13H18N2/c1-4-15-12(10(3)14)8-11-6-5-9(2)7-13(11)15/h5-8,10H,4,14H2,1-3H3. The van der Waals surface area contributed by atoms with Crippen molar-refractivity contribution >= 4 is 10.9 Å². The van der Waals surface area contributed by atoms with Crippen LogP contribution in [0.4, 0.5) is 0 Å². The molecule has 2 heteroatoms. The lowest BCUT2D eigenvalue weighted by Crippen LogP contribution is -2.11. The first-order valence-electron chi connectivity index (χ1n) is 5.49. The molecule has 0 saturated heterocycles. The Kier molecular flexibility index (Phi) is 2.53. The van der Waals surface area contributed by atoms with Gasteiger partial charge in [0.2, 0.25) is 0 Å². The van der Waals surface area contributed by atoms with Crippen LogP contribution >= 0.6 is 0 Å². The smallest absolute Gasteiger partial charge is 0.0485 e. The second-order valence-electron chi connectivity index (χ2n) is 4.16. The maximum Gasteiger partial charge on any atom is 0.0485 e. The van der Waals surface area contributed by atoms with Crippen LogP contribution in [0, 0.1) is 6.92 Å². The third kappa shape index (κ3) is 1.65. The van der Waals surface area contributed by atoms with Crippen LogP contribution in [-0.2, 0) is 6.54 Å². The van der Waals surface area contributed by atoms with Gasteiger partial charge in [-0.3, -0.25) is 0 Å².